The third-order valence-corrected chi connectivity index (χ3v) is 6.94. The summed E-state index contributed by atoms with van der Waals surface area (Å²) >= 11 is 0. The van der Waals surface area contributed by atoms with Crippen LogP contribution in [0.1, 0.15) is 32.9 Å². The van der Waals surface area contributed by atoms with E-state index in [0.717, 1.165) is 22.5 Å². The Morgan fingerprint density at radius 1 is 1.12 bits per heavy atom. The first-order valence-electron chi connectivity index (χ1n) is 11.1. The van der Waals surface area contributed by atoms with Crippen LogP contribution in [-0.2, 0) is 27.8 Å². The van der Waals surface area contributed by atoms with Crippen molar-refractivity contribution in [3.05, 3.63) is 76.6 Å². The maximum absolute atomic E-state index is 13.2. The van der Waals surface area contributed by atoms with E-state index in [9.17, 15) is 13.2 Å². The molecule has 1 aliphatic heterocycles. The summed E-state index contributed by atoms with van der Waals surface area (Å²) in [4.78, 5) is 15.2. The van der Waals surface area contributed by atoms with Crippen molar-refractivity contribution in [2.45, 2.75) is 31.8 Å². The summed E-state index contributed by atoms with van der Waals surface area (Å²) in [5, 5.41) is 12.9. The third kappa shape index (κ3) is 5.30. The molecule has 1 aromatic heterocycles. The maximum Gasteiger partial charge on any atom is 0.253 e. The van der Waals surface area contributed by atoms with Crippen LogP contribution in [0.4, 0.5) is 5.69 Å². The lowest BCUT2D eigenvalue weighted by molar-refractivity contribution is 0.0949. The van der Waals surface area contributed by atoms with Crippen molar-refractivity contribution in [1.82, 2.24) is 15.1 Å². The standard InChI is InChI=1S/C24H29N5O4S/c1-17-22(18(2)29(27-17)16-19-6-4-3-5-7-19)15-26-24(30)21-14-20(34(25,31)32)8-9-23(21)28-10-12-33-13-11-28/h3-9,14H,10-13,15-16H2,1-2H3,(H,26,30)(H2,25,31,32). The van der Waals surface area contributed by atoms with Crippen LogP contribution < -0.4 is 15.4 Å². The largest absolute Gasteiger partial charge is 0.378 e. The van der Waals surface area contributed by atoms with Gasteiger partial charge in [0.05, 0.1) is 35.9 Å². The number of morpholine rings is 1. The number of primary sulfonamides is 1. The number of nitrogens with one attached hydrogen (secondary N) is 1. The Labute approximate surface area is 199 Å². The molecular formula is C24H29N5O4S. The molecule has 0 saturated carbocycles. The Morgan fingerprint density at radius 3 is 2.50 bits per heavy atom. The van der Waals surface area contributed by atoms with E-state index >= 15 is 0 Å². The highest BCUT2D eigenvalue weighted by Crippen LogP contribution is 2.25. The van der Waals surface area contributed by atoms with Crippen molar-refractivity contribution in [2.24, 2.45) is 5.14 Å². The molecule has 3 aromatic rings. The molecular weight excluding hydrogens is 454 g/mol. The van der Waals surface area contributed by atoms with Crippen molar-refractivity contribution < 1.29 is 17.9 Å². The van der Waals surface area contributed by atoms with E-state index in [4.69, 9.17) is 9.88 Å². The lowest BCUT2D eigenvalue weighted by Crippen LogP contribution is -2.38. The van der Waals surface area contributed by atoms with Gasteiger partial charge in [0, 0.05) is 36.6 Å². The first-order chi connectivity index (χ1) is 16.2. The molecule has 2 heterocycles. The van der Waals surface area contributed by atoms with E-state index in [2.05, 4.69) is 10.4 Å². The number of benzene rings is 2. The van der Waals surface area contributed by atoms with Gasteiger partial charge in [0.2, 0.25) is 10.0 Å². The van der Waals surface area contributed by atoms with Crippen LogP contribution in [0.3, 0.4) is 0 Å². The van der Waals surface area contributed by atoms with Gasteiger partial charge in [-0.15, -0.1) is 0 Å². The van der Waals surface area contributed by atoms with Crippen LogP contribution in [0.2, 0.25) is 0 Å². The first-order valence-corrected chi connectivity index (χ1v) is 12.6. The summed E-state index contributed by atoms with van der Waals surface area (Å²) in [5.41, 5.74) is 4.79. The average molecular weight is 484 g/mol. The number of carbonyl (C=O) groups is 1. The van der Waals surface area contributed by atoms with Crippen molar-refractivity contribution in [2.75, 3.05) is 31.2 Å². The van der Waals surface area contributed by atoms with E-state index < -0.39 is 10.0 Å². The topological polar surface area (TPSA) is 120 Å². The predicted molar refractivity (Wildman–Crippen MR) is 129 cm³/mol. The fourth-order valence-electron chi connectivity index (χ4n) is 4.12. The van der Waals surface area contributed by atoms with Crippen molar-refractivity contribution in [1.29, 1.82) is 0 Å². The van der Waals surface area contributed by atoms with Crippen LogP contribution in [0.15, 0.2) is 53.4 Å². The minimum Gasteiger partial charge on any atom is -0.378 e. The predicted octanol–water partition coefficient (Wildman–Crippen LogP) is 1.96. The zero-order chi connectivity index (χ0) is 24.3. The van der Waals surface area contributed by atoms with E-state index in [-0.39, 0.29) is 22.9 Å². The minimum absolute atomic E-state index is 0.0994. The number of hydrogen-bond acceptors (Lipinski definition) is 6. The van der Waals surface area contributed by atoms with Gasteiger partial charge in [-0.3, -0.25) is 9.48 Å². The second kappa shape index (κ2) is 9.96. The Bertz CT molecular complexity index is 1280. The molecule has 0 radical (unpaired) electrons. The number of carbonyl (C=O) groups excluding carboxylic acids is 1. The highest BCUT2D eigenvalue weighted by Gasteiger charge is 2.22. The molecule has 0 unspecified atom stereocenters. The molecule has 34 heavy (non-hydrogen) atoms. The minimum atomic E-state index is -3.95. The zero-order valence-electron chi connectivity index (χ0n) is 19.3. The van der Waals surface area contributed by atoms with Gasteiger partial charge in [0.25, 0.3) is 5.91 Å². The number of aromatic nitrogens is 2. The Hall–Kier alpha value is -3.21. The van der Waals surface area contributed by atoms with E-state index in [0.29, 0.717) is 38.5 Å². The van der Waals surface area contributed by atoms with Crippen LogP contribution in [-0.4, -0.2) is 50.4 Å². The zero-order valence-corrected chi connectivity index (χ0v) is 20.1. The highest BCUT2D eigenvalue weighted by atomic mass is 32.2. The molecule has 9 nitrogen and oxygen atoms in total. The molecule has 2 aromatic carbocycles. The number of nitrogens with zero attached hydrogens (tertiary/aromatic N) is 3. The number of anilines is 1. The van der Waals surface area contributed by atoms with Crippen LogP contribution in [0, 0.1) is 13.8 Å². The van der Waals surface area contributed by atoms with Gasteiger partial charge in [-0.25, -0.2) is 13.6 Å². The average Bonchev–Trinajstić information content (AvgIpc) is 3.09. The van der Waals surface area contributed by atoms with Crippen LogP contribution >= 0.6 is 0 Å². The third-order valence-electron chi connectivity index (χ3n) is 6.03. The summed E-state index contributed by atoms with van der Waals surface area (Å²) in [7, 11) is -3.95. The van der Waals surface area contributed by atoms with Gasteiger partial charge in [-0.05, 0) is 37.6 Å². The summed E-state index contributed by atoms with van der Waals surface area (Å²) in [6.45, 7) is 7.10. The van der Waals surface area contributed by atoms with Gasteiger partial charge < -0.3 is 15.0 Å². The molecule has 3 N–H and O–H groups in total. The SMILES string of the molecule is Cc1nn(Cc2ccccc2)c(C)c1CNC(=O)c1cc(S(N)(=O)=O)ccc1N1CCOCC1. The van der Waals surface area contributed by atoms with Gasteiger partial charge in [0.15, 0.2) is 0 Å². The van der Waals surface area contributed by atoms with Gasteiger partial charge in [0.1, 0.15) is 0 Å². The fourth-order valence-corrected chi connectivity index (χ4v) is 4.66. The number of sulfonamides is 1. The molecule has 180 valence electrons. The number of amides is 1. The molecule has 0 bridgehead atoms. The highest BCUT2D eigenvalue weighted by molar-refractivity contribution is 7.89. The Balaban J connectivity index is 1.57. The maximum atomic E-state index is 13.2. The summed E-state index contributed by atoms with van der Waals surface area (Å²) < 4.78 is 31.2. The van der Waals surface area contributed by atoms with Crippen LogP contribution in [0.25, 0.3) is 0 Å². The van der Waals surface area contributed by atoms with Crippen molar-refractivity contribution in [3.63, 3.8) is 0 Å². The second-order valence-electron chi connectivity index (χ2n) is 8.30. The molecule has 4 rings (SSSR count). The molecule has 1 aliphatic rings. The van der Waals surface area contributed by atoms with Crippen molar-refractivity contribution in [3.8, 4) is 0 Å². The number of ether oxygens (including phenoxy) is 1. The quantitative estimate of drug-likeness (QED) is 0.530. The normalized spacial score (nSPS) is 14.3. The second-order valence-corrected chi connectivity index (χ2v) is 9.86. The Kier molecular flexibility index (Phi) is 7.01. The first kappa shape index (κ1) is 23.9. The number of rotatable bonds is 7. The van der Waals surface area contributed by atoms with Crippen LogP contribution in [0.5, 0.6) is 0 Å². The Morgan fingerprint density at radius 2 is 1.82 bits per heavy atom. The summed E-state index contributed by atoms with van der Waals surface area (Å²) in [6.07, 6.45) is 0. The lowest BCUT2D eigenvalue weighted by Gasteiger charge is -2.30. The fraction of sp³-hybridized carbons (Fsp3) is 0.333. The number of aryl methyl sites for hydroxylation is 1. The number of hydrogen-bond donors (Lipinski definition) is 2. The molecule has 1 saturated heterocycles. The van der Waals surface area contributed by atoms with Crippen molar-refractivity contribution >= 4 is 21.6 Å². The van der Waals surface area contributed by atoms with E-state index in [1.807, 2.05) is 53.8 Å². The summed E-state index contributed by atoms with van der Waals surface area (Å²) in [5.74, 6) is -0.374. The molecule has 0 aliphatic carbocycles. The van der Waals surface area contributed by atoms with E-state index in [1.165, 1.54) is 12.1 Å². The molecule has 0 spiro atoms. The molecule has 0 atom stereocenters. The van der Waals surface area contributed by atoms with E-state index in [1.54, 1.807) is 6.07 Å². The smallest absolute Gasteiger partial charge is 0.253 e. The summed E-state index contributed by atoms with van der Waals surface area (Å²) in [6, 6.07) is 14.4. The molecule has 1 amide bonds. The number of nitrogens with two attached hydrogens (primary N) is 1. The van der Waals surface area contributed by atoms with Gasteiger partial charge in [-0.2, -0.15) is 5.10 Å². The molecule has 10 heteroatoms. The monoisotopic (exact) mass is 483 g/mol. The van der Waals surface area contributed by atoms with Gasteiger partial charge in [-0.1, -0.05) is 30.3 Å². The lowest BCUT2D eigenvalue weighted by atomic mass is 10.1. The molecule has 1 fully saturated rings. The van der Waals surface area contributed by atoms with Gasteiger partial charge >= 0.3 is 0 Å².